The molecular formula is C15H19N5O. The van der Waals surface area contributed by atoms with Gasteiger partial charge in [0, 0.05) is 31.0 Å². The number of aromatic nitrogens is 3. The summed E-state index contributed by atoms with van der Waals surface area (Å²) in [5, 5.41) is 6.05. The Balaban J connectivity index is 1.97. The van der Waals surface area contributed by atoms with Crippen molar-refractivity contribution in [2.45, 2.75) is 32.9 Å². The molecule has 6 heteroatoms. The van der Waals surface area contributed by atoms with Crippen LogP contribution >= 0.6 is 0 Å². The van der Waals surface area contributed by atoms with Crippen LogP contribution < -0.4 is 10.6 Å². The van der Waals surface area contributed by atoms with Crippen LogP contribution in [0.2, 0.25) is 0 Å². The molecule has 2 N–H and O–H groups in total. The van der Waals surface area contributed by atoms with Gasteiger partial charge in [0.05, 0.1) is 0 Å². The molecule has 0 aliphatic carbocycles. The smallest absolute Gasteiger partial charge is 0.270 e. The summed E-state index contributed by atoms with van der Waals surface area (Å²) < 4.78 is 0. The third-order valence-corrected chi connectivity index (χ3v) is 3.11. The zero-order chi connectivity index (χ0) is 15.1. The van der Waals surface area contributed by atoms with Gasteiger partial charge < -0.3 is 10.6 Å². The molecule has 0 saturated carbocycles. The summed E-state index contributed by atoms with van der Waals surface area (Å²) >= 11 is 0. The lowest BCUT2D eigenvalue weighted by Crippen LogP contribution is -2.24. The van der Waals surface area contributed by atoms with E-state index in [9.17, 15) is 4.79 Å². The van der Waals surface area contributed by atoms with Crippen molar-refractivity contribution in [3.8, 4) is 0 Å². The molecule has 0 spiro atoms. The van der Waals surface area contributed by atoms with E-state index in [0.717, 1.165) is 12.0 Å². The fraction of sp³-hybridized carbons (Fsp3) is 0.333. The van der Waals surface area contributed by atoms with Gasteiger partial charge in [0.2, 0.25) is 0 Å². The Morgan fingerprint density at radius 1 is 1.29 bits per heavy atom. The lowest BCUT2D eigenvalue weighted by molar-refractivity contribution is 0.0946. The number of nitrogens with one attached hydrogen (secondary N) is 2. The van der Waals surface area contributed by atoms with E-state index in [4.69, 9.17) is 0 Å². The van der Waals surface area contributed by atoms with E-state index in [2.05, 4.69) is 39.4 Å². The average Bonchev–Trinajstić information content (AvgIpc) is 2.53. The third-order valence-electron chi connectivity index (χ3n) is 3.11. The molecule has 0 aromatic carbocycles. The average molecular weight is 285 g/mol. The molecule has 0 aliphatic rings. The summed E-state index contributed by atoms with van der Waals surface area (Å²) in [5.74, 6) is 0.440. The topological polar surface area (TPSA) is 79.8 Å². The van der Waals surface area contributed by atoms with Crippen molar-refractivity contribution in [1.82, 2.24) is 20.3 Å². The molecule has 0 aliphatic heterocycles. The van der Waals surface area contributed by atoms with Gasteiger partial charge >= 0.3 is 0 Å². The Labute approximate surface area is 124 Å². The zero-order valence-corrected chi connectivity index (χ0v) is 12.2. The molecule has 0 fully saturated rings. The van der Waals surface area contributed by atoms with Crippen molar-refractivity contribution in [3.05, 3.63) is 48.2 Å². The Kier molecular flexibility index (Phi) is 5.20. The molecule has 0 saturated heterocycles. The molecule has 1 amide bonds. The van der Waals surface area contributed by atoms with Crippen molar-refractivity contribution >= 4 is 11.7 Å². The molecule has 0 bridgehead atoms. The van der Waals surface area contributed by atoms with Crippen LogP contribution in [0.4, 0.5) is 5.82 Å². The van der Waals surface area contributed by atoms with Crippen molar-refractivity contribution in [3.63, 3.8) is 0 Å². The van der Waals surface area contributed by atoms with Crippen LogP contribution in [-0.2, 0) is 6.54 Å². The van der Waals surface area contributed by atoms with Gasteiger partial charge in [0.1, 0.15) is 17.8 Å². The van der Waals surface area contributed by atoms with Crippen LogP contribution in [0.1, 0.15) is 36.3 Å². The summed E-state index contributed by atoms with van der Waals surface area (Å²) in [6.45, 7) is 4.59. The molecule has 1 atom stereocenters. The number of amides is 1. The second kappa shape index (κ2) is 7.33. The van der Waals surface area contributed by atoms with E-state index in [1.165, 1.54) is 6.33 Å². The lowest BCUT2D eigenvalue weighted by Gasteiger charge is -2.12. The maximum Gasteiger partial charge on any atom is 0.270 e. The highest BCUT2D eigenvalue weighted by molar-refractivity contribution is 5.92. The first kappa shape index (κ1) is 14.9. The SMILES string of the molecule is CCC(C)Nc1cc(C(=O)NCc2ccncc2)ncn1. The summed E-state index contributed by atoms with van der Waals surface area (Å²) in [4.78, 5) is 24.1. The summed E-state index contributed by atoms with van der Waals surface area (Å²) in [6.07, 6.45) is 5.76. The van der Waals surface area contributed by atoms with Gasteiger partial charge in [0.25, 0.3) is 5.91 Å². The normalized spacial score (nSPS) is 11.7. The minimum absolute atomic E-state index is 0.221. The van der Waals surface area contributed by atoms with Crippen LogP contribution in [0.25, 0.3) is 0 Å². The number of rotatable bonds is 6. The molecule has 2 rings (SSSR count). The van der Waals surface area contributed by atoms with Gasteiger partial charge in [0.15, 0.2) is 0 Å². The van der Waals surface area contributed by atoms with E-state index in [-0.39, 0.29) is 5.91 Å². The minimum Gasteiger partial charge on any atom is -0.368 e. The molecule has 21 heavy (non-hydrogen) atoms. The van der Waals surface area contributed by atoms with Crippen LogP contribution in [0.15, 0.2) is 36.9 Å². The Morgan fingerprint density at radius 2 is 2.05 bits per heavy atom. The first-order chi connectivity index (χ1) is 10.2. The summed E-state index contributed by atoms with van der Waals surface area (Å²) in [5.41, 5.74) is 1.34. The summed E-state index contributed by atoms with van der Waals surface area (Å²) in [6, 6.07) is 5.67. The molecule has 1 unspecified atom stereocenters. The van der Waals surface area contributed by atoms with Crippen molar-refractivity contribution in [1.29, 1.82) is 0 Å². The van der Waals surface area contributed by atoms with Gasteiger partial charge in [-0.2, -0.15) is 0 Å². The first-order valence-corrected chi connectivity index (χ1v) is 6.94. The number of pyridine rings is 1. The highest BCUT2D eigenvalue weighted by atomic mass is 16.1. The van der Waals surface area contributed by atoms with Crippen molar-refractivity contribution in [2.24, 2.45) is 0 Å². The number of carbonyl (C=O) groups excluding carboxylic acids is 1. The second-order valence-corrected chi connectivity index (χ2v) is 4.78. The van der Waals surface area contributed by atoms with E-state index < -0.39 is 0 Å². The van der Waals surface area contributed by atoms with Crippen LogP contribution in [0.3, 0.4) is 0 Å². The molecule has 0 radical (unpaired) electrons. The third kappa shape index (κ3) is 4.52. The van der Waals surface area contributed by atoms with Gasteiger partial charge in [-0.3, -0.25) is 9.78 Å². The summed E-state index contributed by atoms with van der Waals surface area (Å²) in [7, 11) is 0. The predicted molar refractivity (Wildman–Crippen MR) is 80.8 cm³/mol. The van der Waals surface area contributed by atoms with Gasteiger partial charge in [-0.15, -0.1) is 0 Å². The molecule has 2 aromatic heterocycles. The van der Waals surface area contributed by atoms with E-state index in [0.29, 0.717) is 24.1 Å². The Morgan fingerprint density at radius 3 is 2.76 bits per heavy atom. The Hall–Kier alpha value is -2.50. The van der Waals surface area contributed by atoms with Gasteiger partial charge in [-0.05, 0) is 31.0 Å². The molecular weight excluding hydrogens is 266 g/mol. The minimum atomic E-state index is -0.221. The molecule has 2 heterocycles. The predicted octanol–water partition coefficient (Wildman–Crippen LogP) is 2.01. The lowest BCUT2D eigenvalue weighted by atomic mass is 10.2. The molecule has 6 nitrogen and oxygen atoms in total. The number of carbonyl (C=O) groups is 1. The van der Waals surface area contributed by atoms with Gasteiger partial charge in [-0.25, -0.2) is 9.97 Å². The van der Waals surface area contributed by atoms with Crippen molar-refractivity contribution in [2.75, 3.05) is 5.32 Å². The van der Waals surface area contributed by atoms with Crippen LogP contribution in [0, 0.1) is 0 Å². The fourth-order valence-corrected chi connectivity index (χ4v) is 1.69. The standard InChI is InChI=1S/C15H19N5O/c1-3-11(2)20-14-8-13(18-10-19-14)15(21)17-9-12-4-6-16-7-5-12/h4-8,10-11H,3,9H2,1-2H3,(H,17,21)(H,18,19,20). The van der Waals surface area contributed by atoms with Crippen molar-refractivity contribution < 1.29 is 4.79 Å². The quantitative estimate of drug-likeness (QED) is 0.848. The molecule has 2 aromatic rings. The second-order valence-electron chi connectivity index (χ2n) is 4.78. The van der Waals surface area contributed by atoms with Crippen LogP contribution in [-0.4, -0.2) is 26.9 Å². The van der Waals surface area contributed by atoms with E-state index in [1.807, 2.05) is 12.1 Å². The largest absolute Gasteiger partial charge is 0.368 e. The monoisotopic (exact) mass is 285 g/mol. The number of nitrogens with zero attached hydrogens (tertiary/aromatic N) is 3. The first-order valence-electron chi connectivity index (χ1n) is 6.94. The highest BCUT2D eigenvalue weighted by Gasteiger charge is 2.09. The highest BCUT2D eigenvalue weighted by Crippen LogP contribution is 2.07. The number of hydrogen-bond donors (Lipinski definition) is 2. The van der Waals surface area contributed by atoms with E-state index >= 15 is 0 Å². The van der Waals surface area contributed by atoms with Crippen LogP contribution in [0.5, 0.6) is 0 Å². The maximum atomic E-state index is 12.1. The number of anilines is 1. The fourth-order valence-electron chi connectivity index (χ4n) is 1.69. The zero-order valence-electron chi connectivity index (χ0n) is 12.2. The Bertz CT molecular complexity index is 588. The van der Waals surface area contributed by atoms with E-state index in [1.54, 1.807) is 18.5 Å². The van der Waals surface area contributed by atoms with Gasteiger partial charge in [-0.1, -0.05) is 6.92 Å². The number of hydrogen-bond acceptors (Lipinski definition) is 5. The molecule has 110 valence electrons. The maximum absolute atomic E-state index is 12.1.